The summed E-state index contributed by atoms with van der Waals surface area (Å²) < 4.78 is 5.20. The van der Waals surface area contributed by atoms with Gasteiger partial charge in [-0.25, -0.2) is 0 Å². The van der Waals surface area contributed by atoms with Crippen LogP contribution in [0.3, 0.4) is 0 Å². The predicted octanol–water partition coefficient (Wildman–Crippen LogP) is 2.56. The van der Waals surface area contributed by atoms with Crippen molar-refractivity contribution >= 4 is 17.6 Å². The van der Waals surface area contributed by atoms with Crippen LogP contribution >= 0.6 is 0 Å². The lowest BCUT2D eigenvalue weighted by molar-refractivity contribution is -0.385. The van der Waals surface area contributed by atoms with E-state index in [0.717, 1.165) is 5.56 Å². The lowest BCUT2D eigenvalue weighted by Gasteiger charge is -2.14. The molecule has 2 aromatic rings. The van der Waals surface area contributed by atoms with Crippen molar-refractivity contribution in [1.29, 1.82) is 0 Å². The average molecular weight is 342 g/mol. The molecule has 7 heteroatoms. The van der Waals surface area contributed by atoms with E-state index in [9.17, 15) is 19.7 Å². The molecule has 2 aromatic carbocycles. The first-order valence-corrected chi connectivity index (χ1v) is 7.70. The number of amides is 1. The van der Waals surface area contributed by atoms with E-state index in [1.54, 1.807) is 13.0 Å². The molecule has 0 bridgehead atoms. The average Bonchev–Trinajstić information content (AvgIpc) is 2.61. The molecule has 0 aliphatic rings. The molecule has 25 heavy (non-hydrogen) atoms. The molecule has 1 atom stereocenters. The van der Waals surface area contributed by atoms with Crippen LogP contribution in [-0.4, -0.2) is 23.3 Å². The summed E-state index contributed by atoms with van der Waals surface area (Å²) >= 11 is 0. The van der Waals surface area contributed by atoms with Gasteiger partial charge in [-0.05, 0) is 18.1 Å². The molecule has 0 fully saturated rings. The number of nitro benzene ring substituents is 1. The second-order valence-electron chi connectivity index (χ2n) is 5.42. The van der Waals surface area contributed by atoms with E-state index in [2.05, 4.69) is 5.32 Å². The first-order valence-electron chi connectivity index (χ1n) is 7.70. The monoisotopic (exact) mass is 342 g/mol. The van der Waals surface area contributed by atoms with Gasteiger partial charge in [-0.3, -0.25) is 19.7 Å². The zero-order valence-corrected chi connectivity index (χ0v) is 13.7. The number of nitrogens with one attached hydrogen (secondary N) is 1. The number of carbonyl (C=O) groups is 2. The fourth-order valence-corrected chi connectivity index (χ4v) is 2.21. The van der Waals surface area contributed by atoms with Crippen molar-refractivity contribution < 1.29 is 19.2 Å². The summed E-state index contributed by atoms with van der Waals surface area (Å²) in [7, 11) is 0. The third-order valence-electron chi connectivity index (χ3n) is 3.50. The molecule has 1 N–H and O–H groups in total. The predicted molar refractivity (Wildman–Crippen MR) is 90.8 cm³/mol. The highest BCUT2D eigenvalue weighted by atomic mass is 16.6. The summed E-state index contributed by atoms with van der Waals surface area (Å²) in [5, 5.41) is 13.3. The van der Waals surface area contributed by atoms with E-state index in [-0.39, 0.29) is 24.6 Å². The summed E-state index contributed by atoms with van der Waals surface area (Å²) in [6.45, 7) is 1.35. The van der Waals surface area contributed by atoms with E-state index >= 15 is 0 Å². The van der Waals surface area contributed by atoms with Gasteiger partial charge in [-0.15, -0.1) is 0 Å². The molecule has 0 radical (unpaired) electrons. The molecule has 2 rings (SSSR count). The molecule has 0 unspecified atom stereocenters. The Balaban J connectivity index is 1.82. The number of nitrogens with zero attached hydrogens (tertiary/aromatic N) is 1. The van der Waals surface area contributed by atoms with Gasteiger partial charge in [0.25, 0.3) is 5.69 Å². The third kappa shape index (κ3) is 5.72. The van der Waals surface area contributed by atoms with Gasteiger partial charge in [0.05, 0.1) is 11.3 Å². The van der Waals surface area contributed by atoms with Crippen LogP contribution in [0.15, 0.2) is 54.6 Å². The second-order valence-corrected chi connectivity index (χ2v) is 5.42. The number of carbonyl (C=O) groups excluding carboxylic acids is 2. The number of nitro groups is 1. The number of ether oxygens (including phenoxy) is 1. The van der Waals surface area contributed by atoms with Crippen molar-refractivity contribution in [2.24, 2.45) is 0 Å². The molecular weight excluding hydrogens is 324 g/mol. The molecular formula is C18H18N2O5. The number of esters is 1. The number of hydrogen-bond donors (Lipinski definition) is 1. The zero-order valence-electron chi connectivity index (χ0n) is 13.7. The van der Waals surface area contributed by atoms with Crippen LogP contribution in [0, 0.1) is 10.1 Å². The number of hydrogen-bond acceptors (Lipinski definition) is 5. The van der Waals surface area contributed by atoms with Gasteiger partial charge >= 0.3 is 5.97 Å². The van der Waals surface area contributed by atoms with Gasteiger partial charge in [0, 0.05) is 12.1 Å². The van der Waals surface area contributed by atoms with Gasteiger partial charge in [-0.1, -0.05) is 42.5 Å². The van der Waals surface area contributed by atoms with Crippen LogP contribution < -0.4 is 5.32 Å². The summed E-state index contributed by atoms with van der Waals surface area (Å²) in [6.07, 6.45) is -0.479. The fourth-order valence-electron chi connectivity index (χ4n) is 2.21. The standard InChI is InChI=1S/C18H18N2O5/c1-13(15-8-5-9-16(11-15)20(23)24)25-18(22)12-19-17(21)10-14-6-3-2-4-7-14/h2-9,11,13H,10,12H2,1H3,(H,19,21)/t13-/m0/s1. The van der Waals surface area contributed by atoms with Gasteiger partial charge in [0.2, 0.25) is 5.91 Å². The molecule has 7 nitrogen and oxygen atoms in total. The topological polar surface area (TPSA) is 98.5 Å². The third-order valence-corrected chi connectivity index (χ3v) is 3.50. The van der Waals surface area contributed by atoms with Crippen molar-refractivity contribution in [2.45, 2.75) is 19.4 Å². The van der Waals surface area contributed by atoms with Crippen molar-refractivity contribution in [2.75, 3.05) is 6.54 Å². The van der Waals surface area contributed by atoms with Crippen LogP contribution in [0.2, 0.25) is 0 Å². The number of rotatable bonds is 7. The minimum atomic E-state index is -0.654. The number of non-ortho nitro benzene ring substituents is 1. The summed E-state index contributed by atoms with van der Waals surface area (Å²) in [5.41, 5.74) is 1.29. The fraction of sp³-hybridized carbons (Fsp3) is 0.222. The first kappa shape index (κ1) is 18.1. The Morgan fingerprint density at radius 3 is 2.56 bits per heavy atom. The Labute approximate surface area is 144 Å². The minimum absolute atomic E-state index is 0.0726. The van der Waals surface area contributed by atoms with Crippen LogP contribution in [-0.2, 0) is 20.7 Å². The molecule has 0 saturated heterocycles. The van der Waals surface area contributed by atoms with Crippen molar-refractivity contribution in [1.82, 2.24) is 5.32 Å². The van der Waals surface area contributed by atoms with Crippen LogP contribution in [0.25, 0.3) is 0 Å². The summed E-state index contributed by atoms with van der Waals surface area (Å²) in [5.74, 6) is -0.897. The highest BCUT2D eigenvalue weighted by Gasteiger charge is 2.15. The van der Waals surface area contributed by atoms with E-state index in [1.807, 2.05) is 30.3 Å². The Hall–Kier alpha value is -3.22. The van der Waals surface area contributed by atoms with Crippen molar-refractivity contribution in [3.63, 3.8) is 0 Å². The van der Waals surface area contributed by atoms with E-state index < -0.39 is 17.0 Å². The number of benzene rings is 2. The van der Waals surface area contributed by atoms with Crippen molar-refractivity contribution in [3.05, 3.63) is 75.8 Å². The minimum Gasteiger partial charge on any atom is -0.456 e. The Kier molecular flexibility index (Phi) is 6.22. The van der Waals surface area contributed by atoms with Crippen LogP contribution in [0.5, 0.6) is 0 Å². The quantitative estimate of drug-likeness (QED) is 0.474. The molecule has 0 aromatic heterocycles. The van der Waals surface area contributed by atoms with Crippen LogP contribution in [0.4, 0.5) is 5.69 Å². The zero-order chi connectivity index (χ0) is 18.2. The largest absolute Gasteiger partial charge is 0.456 e. The maximum Gasteiger partial charge on any atom is 0.326 e. The molecule has 1 amide bonds. The highest BCUT2D eigenvalue weighted by molar-refractivity contribution is 5.83. The van der Waals surface area contributed by atoms with Crippen LogP contribution in [0.1, 0.15) is 24.2 Å². The van der Waals surface area contributed by atoms with Crippen molar-refractivity contribution in [3.8, 4) is 0 Å². The SMILES string of the molecule is C[C@H](OC(=O)CNC(=O)Cc1ccccc1)c1cccc([N+](=O)[O-])c1. The highest BCUT2D eigenvalue weighted by Crippen LogP contribution is 2.21. The lowest BCUT2D eigenvalue weighted by atomic mass is 10.1. The van der Waals surface area contributed by atoms with Gasteiger partial charge in [0.1, 0.15) is 12.6 Å². The van der Waals surface area contributed by atoms with Gasteiger partial charge < -0.3 is 10.1 Å². The maximum absolute atomic E-state index is 11.8. The van der Waals surface area contributed by atoms with E-state index in [4.69, 9.17) is 4.74 Å². The summed E-state index contributed by atoms with van der Waals surface area (Å²) in [6, 6.07) is 15.0. The normalized spacial score (nSPS) is 11.4. The molecule has 0 spiro atoms. The molecule has 0 aliphatic heterocycles. The maximum atomic E-state index is 11.8. The lowest BCUT2D eigenvalue weighted by Crippen LogP contribution is -2.32. The molecule has 0 saturated carbocycles. The van der Waals surface area contributed by atoms with E-state index in [0.29, 0.717) is 5.56 Å². The Morgan fingerprint density at radius 1 is 1.16 bits per heavy atom. The second kappa shape index (κ2) is 8.58. The molecule has 0 heterocycles. The molecule has 0 aliphatic carbocycles. The smallest absolute Gasteiger partial charge is 0.326 e. The first-order chi connectivity index (χ1) is 12.0. The van der Waals surface area contributed by atoms with Gasteiger partial charge in [-0.2, -0.15) is 0 Å². The molecule has 130 valence electrons. The Morgan fingerprint density at radius 2 is 1.88 bits per heavy atom. The Bertz CT molecular complexity index is 761. The summed E-state index contributed by atoms with van der Waals surface area (Å²) in [4.78, 5) is 33.9. The van der Waals surface area contributed by atoms with E-state index in [1.165, 1.54) is 18.2 Å². The van der Waals surface area contributed by atoms with Gasteiger partial charge in [0.15, 0.2) is 0 Å².